The van der Waals surface area contributed by atoms with E-state index in [1.54, 1.807) is 7.11 Å². The second-order valence-corrected chi connectivity index (χ2v) is 4.71. The minimum Gasteiger partial charge on any atom is -0.478 e. The highest BCUT2D eigenvalue weighted by Crippen LogP contribution is 2.29. The summed E-state index contributed by atoms with van der Waals surface area (Å²) in [5, 5.41) is 10.3. The molecule has 0 aliphatic carbocycles. The van der Waals surface area contributed by atoms with Crippen molar-refractivity contribution >= 4 is 16.9 Å². The highest BCUT2D eigenvalue weighted by molar-refractivity contribution is 6.06. The maximum atomic E-state index is 11.6. The van der Waals surface area contributed by atoms with Crippen LogP contribution in [0.25, 0.3) is 10.9 Å². The Morgan fingerprint density at radius 3 is 2.47 bits per heavy atom. The summed E-state index contributed by atoms with van der Waals surface area (Å²) in [4.78, 5) is 16.2. The average Bonchev–Trinajstić information content (AvgIpc) is 2.35. The van der Waals surface area contributed by atoms with Crippen molar-refractivity contribution in [2.45, 2.75) is 27.4 Å². The van der Waals surface area contributed by atoms with Crippen LogP contribution < -0.4 is 0 Å². The number of nitrogens with zero attached hydrogens (tertiary/aromatic N) is 1. The molecule has 2 rings (SSSR count). The molecule has 1 aromatic heterocycles. The van der Waals surface area contributed by atoms with E-state index >= 15 is 0 Å². The third-order valence-electron chi connectivity index (χ3n) is 3.36. The molecule has 0 saturated heterocycles. The van der Waals surface area contributed by atoms with Crippen LogP contribution in [0.1, 0.15) is 32.7 Å². The molecule has 4 heteroatoms. The summed E-state index contributed by atoms with van der Waals surface area (Å²) in [5.41, 5.74) is 4.33. The Bertz CT molecular complexity index is 662. The summed E-state index contributed by atoms with van der Waals surface area (Å²) < 4.78 is 5.12. The Labute approximate surface area is 112 Å². The van der Waals surface area contributed by atoms with Gasteiger partial charge in [0.15, 0.2) is 0 Å². The Morgan fingerprint density at radius 2 is 1.89 bits per heavy atom. The fourth-order valence-electron chi connectivity index (χ4n) is 2.38. The molecule has 0 atom stereocenters. The van der Waals surface area contributed by atoms with Gasteiger partial charge in [0.25, 0.3) is 0 Å². The van der Waals surface area contributed by atoms with E-state index in [1.165, 1.54) is 0 Å². The zero-order valence-corrected chi connectivity index (χ0v) is 11.6. The van der Waals surface area contributed by atoms with Crippen LogP contribution in [0.2, 0.25) is 0 Å². The van der Waals surface area contributed by atoms with Crippen LogP contribution in [0.4, 0.5) is 0 Å². The first-order valence-electron chi connectivity index (χ1n) is 6.09. The van der Waals surface area contributed by atoms with E-state index in [4.69, 9.17) is 4.74 Å². The van der Waals surface area contributed by atoms with Gasteiger partial charge >= 0.3 is 5.97 Å². The van der Waals surface area contributed by atoms with E-state index in [0.717, 1.165) is 16.6 Å². The Balaban J connectivity index is 2.98. The van der Waals surface area contributed by atoms with Gasteiger partial charge in [0.1, 0.15) is 0 Å². The summed E-state index contributed by atoms with van der Waals surface area (Å²) in [7, 11) is 1.55. The lowest BCUT2D eigenvalue weighted by Gasteiger charge is -2.15. The molecular weight excluding hydrogens is 242 g/mol. The molecular formula is C15H17NO3. The van der Waals surface area contributed by atoms with Crippen LogP contribution in [0.15, 0.2) is 12.1 Å². The zero-order valence-electron chi connectivity index (χ0n) is 11.6. The van der Waals surface area contributed by atoms with Gasteiger partial charge < -0.3 is 9.84 Å². The van der Waals surface area contributed by atoms with E-state index in [9.17, 15) is 9.90 Å². The third kappa shape index (κ3) is 2.19. The number of rotatable bonds is 3. The number of hydrogen-bond donors (Lipinski definition) is 1. The molecule has 0 fully saturated rings. The van der Waals surface area contributed by atoms with Gasteiger partial charge in [0, 0.05) is 23.8 Å². The third-order valence-corrected chi connectivity index (χ3v) is 3.36. The molecule has 0 bridgehead atoms. The van der Waals surface area contributed by atoms with Gasteiger partial charge in [-0.1, -0.05) is 12.1 Å². The molecule has 1 heterocycles. The van der Waals surface area contributed by atoms with E-state index < -0.39 is 5.97 Å². The predicted octanol–water partition coefficient (Wildman–Crippen LogP) is 3.00. The first-order valence-corrected chi connectivity index (χ1v) is 6.09. The van der Waals surface area contributed by atoms with Crippen molar-refractivity contribution in [3.8, 4) is 0 Å². The van der Waals surface area contributed by atoms with Crippen LogP contribution in [-0.2, 0) is 11.3 Å². The SMILES string of the molecule is COCc1c(C)nc2c(C)ccc(C)c2c1C(=O)O. The van der Waals surface area contributed by atoms with E-state index in [2.05, 4.69) is 4.98 Å². The molecule has 0 aliphatic rings. The van der Waals surface area contributed by atoms with Gasteiger partial charge in [-0.15, -0.1) is 0 Å². The van der Waals surface area contributed by atoms with Crippen LogP contribution in [0.5, 0.6) is 0 Å². The highest BCUT2D eigenvalue weighted by Gasteiger charge is 2.20. The molecule has 0 radical (unpaired) electrons. The van der Waals surface area contributed by atoms with Crippen LogP contribution in [0.3, 0.4) is 0 Å². The maximum absolute atomic E-state index is 11.6. The summed E-state index contributed by atoms with van der Waals surface area (Å²) in [6.07, 6.45) is 0. The molecule has 2 aromatic rings. The van der Waals surface area contributed by atoms with Crippen molar-refractivity contribution < 1.29 is 14.6 Å². The molecule has 0 amide bonds. The second-order valence-electron chi connectivity index (χ2n) is 4.71. The molecule has 1 aromatic carbocycles. The maximum Gasteiger partial charge on any atom is 0.336 e. The molecule has 0 saturated carbocycles. The number of hydrogen-bond acceptors (Lipinski definition) is 3. The van der Waals surface area contributed by atoms with Crippen molar-refractivity contribution in [3.05, 3.63) is 40.1 Å². The number of carbonyl (C=O) groups is 1. The minimum absolute atomic E-state index is 0.254. The lowest BCUT2D eigenvalue weighted by molar-refractivity contribution is 0.0693. The largest absolute Gasteiger partial charge is 0.478 e. The molecule has 0 unspecified atom stereocenters. The highest BCUT2D eigenvalue weighted by atomic mass is 16.5. The fraction of sp³-hybridized carbons (Fsp3) is 0.333. The number of aromatic nitrogens is 1. The number of aryl methyl sites for hydroxylation is 3. The number of methoxy groups -OCH3 is 1. The van der Waals surface area contributed by atoms with Gasteiger partial charge in [-0.3, -0.25) is 4.98 Å². The van der Waals surface area contributed by atoms with Crippen LogP contribution >= 0.6 is 0 Å². The number of carboxylic acids is 1. The van der Waals surface area contributed by atoms with Crippen molar-refractivity contribution in [1.29, 1.82) is 0 Å². The Hall–Kier alpha value is -1.94. The predicted molar refractivity (Wildman–Crippen MR) is 73.6 cm³/mol. The monoisotopic (exact) mass is 259 g/mol. The van der Waals surface area contributed by atoms with Gasteiger partial charge in [0.2, 0.25) is 0 Å². The van der Waals surface area contributed by atoms with Crippen molar-refractivity contribution in [2.24, 2.45) is 0 Å². The van der Waals surface area contributed by atoms with Gasteiger partial charge in [-0.2, -0.15) is 0 Å². The topological polar surface area (TPSA) is 59.4 Å². The second kappa shape index (κ2) is 4.97. The summed E-state index contributed by atoms with van der Waals surface area (Å²) in [5.74, 6) is -0.934. The number of aromatic carboxylic acids is 1. The number of ether oxygens (including phenoxy) is 1. The van der Waals surface area contributed by atoms with Crippen LogP contribution in [-0.4, -0.2) is 23.2 Å². The first-order chi connectivity index (χ1) is 8.97. The van der Waals surface area contributed by atoms with Gasteiger partial charge in [-0.25, -0.2) is 4.79 Å². The smallest absolute Gasteiger partial charge is 0.336 e. The van der Waals surface area contributed by atoms with Crippen molar-refractivity contribution in [2.75, 3.05) is 7.11 Å². The van der Waals surface area contributed by atoms with Gasteiger partial charge in [-0.05, 0) is 31.9 Å². The quantitative estimate of drug-likeness (QED) is 0.920. The average molecular weight is 259 g/mol. The minimum atomic E-state index is -0.934. The Morgan fingerprint density at radius 1 is 1.26 bits per heavy atom. The summed E-state index contributed by atoms with van der Waals surface area (Å²) in [6.45, 7) is 5.92. The summed E-state index contributed by atoms with van der Waals surface area (Å²) in [6, 6.07) is 3.89. The van der Waals surface area contributed by atoms with E-state index in [0.29, 0.717) is 22.2 Å². The first kappa shape index (κ1) is 13.5. The molecule has 4 nitrogen and oxygen atoms in total. The Kier molecular flexibility index (Phi) is 3.53. The molecule has 100 valence electrons. The number of pyridine rings is 1. The zero-order chi connectivity index (χ0) is 14.2. The molecule has 0 aliphatic heterocycles. The summed E-state index contributed by atoms with van der Waals surface area (Å²) >= 11 is 0. The number of carboxylic acid groups (broad SMARTS) is 1. The lowest BCUT2D eigenvalue weighted by Crippen LogP contribution is -2.10. The number of fused-ring (bicyclic) bond motifs is 1. The molecule has 0 spiro atoms. The standard InChI is InChI=1S/C15H17NO3/c1-8-5-6-9(2)14-12(8)13(15(17)18)11(7-19-4)10(3)16-14/h5-6H,7H2,1-4H3,(H,17,18). The van der Waals surface area contributed by atoms with Gasteiger partial charge in [0.05, 0.1) is 17.7 Å². The lowest BCUT2D eigenvalue weighted by atomic mass is 9.96. The number of benzene rings is 1. The van der Waals surface area contributed by atoms with Crippen LogP contribution in [0, 0.1) is 20.8 Å². The van der Waals surface area contributed by atoms with E-state index in [-0.39, 0.29) is 6.61 Å². The normalized spacial score (nSPS) is 10.9. The molecule has 19 heavy (non-hydrogen) atoms. The van der Waals surface area contributed by atoms with E-state index in [1.807, 2.05) is 32.9 Å². The fourth-order valence-corrected chi connectivity index (χ4v) is 2.38. The van der Waals surface area contributed by atoms with Crippen molar-refractivity contribution in [1.82, 2.24) is 4.98 Å². The van der Waals surface area contributed by atoms with Crippen molar-refractivity contribution in [3.63, 3.8) is 0 Å². The molecule has 1 N–H and O–H groups in total.